The van der Waals surface area contributed by atoms with Crippen molar-refractivity contribution < 1.29 is 32.6 Å². The highest BCUT2D eigenvalue weighted by Gasteiger charge is 2.27. The van der Waals surface area contributed by atoms with E-state index in [0.717, 1.165) is 18.2 Å². The third kappa shape index (κ3) is 4.68. The van der Waals surface area contributed by atoms with E-state index in [0.29, 0.717) is 11.4 Å². The highest BCUT2D eigenvalue weighted by atomic mass is 19.1. The van der Waals surface area contributed by atoms with Crippen molar-refractivity contribution in [3.8, 4) is 5.75 Å². The van der Waals surface area contributed by atoms with E-state index in [9.17, 15) is 23.2 Å². The molecule has 0 saturated heterocycles. The summed E-state index contributed by atoms with van der Waals surface area (Å²) in [7, 11) is 0. The monoisotopic (exact) mass is 404 g/mol. The topological polar surface area (TPSA) is 84.9 Å². The smallest absolute Gasteiger partial charge is 0.326 e. The van der Waals surface area contributed by atoms with Crippen molar-refractivity contribution in [2.45, 2.75) is 19.4 Å². The molecule has 0 saturated carbocycles. The lowest BCUT2D eigenvalue weighted by Gasteiger charge is -2.22. The summed E-state index contributed by atoms with van der Waals surface area (Å²) < 4.78 is 37.8. The van der Waals surface area contributed by atoms with Crippen LogP contribution < -0.4 is 15.0 Å². The summed E-state index contributed by atoms with van der Waals surface area (Å²) in [5.74, 6) is -3.56. The van der Waals surface area contributed by atoms with Crippen LogP contribution in [0.1, 0.15) is 13.3 Å². The molecule has 1 aliphatic heterocycles. The zero-order valence-electron chi connectivity index (χ0n) is 15.5. The van der Waals surface area contributed by atoms with Gasteiger partial charge in [0.2, 0.25) is 5.91 Å². The Morgan fingerprint density at radius 2 is 1.86 bits per heavy atom. The maximum Gasteiger partial charge on any atom is 0.326 e. The molecule has 0 bridgehead atoms. The normalized spacial score (nSPS) is 14.3. The molecular weight excluding hydrogens is 386 g/mol. The molecule has 0 aliphatic carbocycles. The molecule has 0 unspecified atom stereocenters. The SMILES string of the molecule is C[C@@H](OC(=O)CN1C(=O)CCOc2ccccc21)C(=O)Nc1c(F)cccc1F. The fourth-order valence-corrected chi connectivity index (χ4v) is 2.75. The van der Waals surface area contributed by atoms with Crippen molar-refractivity contribution in [3.05, 3.63) is 54.1 Å². The Kier molecular flexibility index (Phi) is 6.06. The average molecular weight is 404 g/mol. The number of para-hydroxylation sites is 3. The van der Waals surface area contributed by atoms with Gasteiger partial charge in [0, 0.05) is 0 Å². The van der Waals surface area contributed by atoms with Gasteiger partial charge in [-0.3, -0.25) is 19.3 Å². The lowest BCUT2D eigenvalue weighted by Crippen LogP contribution is -2.39. The Hall–Kier alpha value is -3.49. The number of nitrogens with one attached hydrogen (secondary N) is 1. The molecule has 9 heteroatoms. The zero-order valence-corrected chi connectivity index (χ0v) is 15.5. The van der Waals surface area contributed by atoms with E-state index in [1.807, 2.05) is 0 Å². The molecule has 0 radical (unpaired) electrons. The summed E-state index contributed by atoms with van der Waals surface area (Å²) in [6, 6.07) is 9.86. The molecule has 29 heavy (non-hydrogen) atoms. The quantitative estimate of drug-likeness (QED) is 0.775. The molecule has 1 aliphatic rings. The van der Waals surface area contributed by atoms with Crippen LogP contribution in [0.5, 0.6) is 5.75 Å². The fourth-order valence-electron chi connectivity index (χ4n) is 2.75. The summed E-state index contributed by atoms with van der Waals surface area (Å²) in [6.45, 7) is 0.993. The summed E-state index contributed by atoms with van der Waals surface area (Å²) >= 11 is 0. The molecule has 152 valence electrons. The number of nitrogens with zero attached hydrogens (tertiary/aromatic N) is 1. The number of esters is 1. The van der Waals surface area contributed by atoms with Crippen LogP contribution in [0.4, 0.5) is 20.2 Å². The van der Waals surface area contributed by atoms with Gasteiger partial charge in [0.15, 0.2) is 6.10 Å². The molecule has 0 aromatic heterocycles. The number of carbonyl (C=O) groups is 3. The number of ether oxygens (including phenoxy) is 2. The van der Waals surface area contributed by atoms with Gasteiger partial charge in [-0.05, 0) is 31.2 Å². The van der Waals surface area contributed by atoms with E-state index in [-0.39, 0.29) is 18.9 Å². The maximum absolute atomic E-state index is 13.6. The van der Waals surface area contributed by atoms with Crippen molar-refractivity contribution in [1.29, 1.82) is 0 Å². The third-order valence-electron chi connectivity index (χ3n) is 4.21. The second-order valence-electron chi connectivity index (χ2n) is 6.26. The molecule has 0 spiro atoms. The second kappa shape index (κ2) is 8.68. The minimum Gasteiger partial charge on any atom is -0.491 e. The van der Waals surface area contributed by atoms with Crippen LogP contribution in [-0.2, 0) is 19.1 Å². The van der Waals surface area contributed by atoms with E-state index < -0.39 is 41.8 Å². The number of anilines is 2. The van der Waals surface area contributed by atoms with Crippen molar-refractivity contribution >= 4 is 29.2 Å². The minimum atomic E-state index is -1.34. The highest BCUT2D eigenvalue weighted by molar-refractivity contribution is 6.00. The van der Waals surface area contributed by atoms with Crippen LogP contribution in [-0.4, -0.2) is 37.0 Å². The predicted molar refractivity (Wildman–Crippen MR) is 99.4 cm³/mol. The van der Waals surface area contributed by atoms with Gasteiger partial charge in [-0.15, -0.1) is 0 Å². The van der Waals surface area contributed by atoms with Crippen molar-refractivity contribution in [2.75, 3.05) is 23.4 Å². The predicted octanol–water partition coefficient (Wildman–Crippen LogP) is 2.65. The number of amides is 2. The van der Waals surface area contributed by atoms with Crippen molar-refractivity contribution in [1.82, 2.24) is 0 Å². The van der Waals surface area contributed by atoms with Gasteiger partial charge in [-0.25, -0.2) is 8.78 Å². The van der Waals surface area contributed by atoms with E-state index >= 15 is 0 Å². The van der Waals surface area contributed by atoms with Gasteiger partial charge >= 0.3 is 5.97 Å². The Morgan fingerprint density at radius 1 is 1.17 bits per heavy atom. The molecule has 3 rings (SSSR count). The molecule has 1 N–H and O–H groups in total. The standard InChI is InChI=1S/C20H18F2N2O5/c1-12(20(27)23-19-13(21)5-4-6-14(19)22)29-18(26)11-24-15-7-2-3-8-16(15)28-10-9-17(24)25/h2-8,12H,9-11H2,1H3,(H,23,27)/t12-/m1/s1. The number of benzene rings is 2. The first-order valence-corrected chi connectivity index (χ1v) is 8.83. The number of rotatable bonds is 5. The number of hydrogen-bond acceptors (Lipinski definition) is 5. The zero-order chi connectivity index (χ0) is 21.0. The first-order valence-electron chi connectivity index (χ1n) is 8.83. The molecule has 0 fully saturated rings. The van der Waals surface area contributed by atoms with Gasteiger partial charge in [-0.1, -0.05) is 18.2 Å². The Labute approximate surface area is 165 Å². The number of hydrogen-bond donors (Lipinski definition) is 1. The summed E-state index contributed by atoms with van der Waals surface area (Å²) in [5.41, 5.74) is -0.216. The Balaban J connectivity index is 1.65. The van der Waals surface area contributed by atoms with Crippen LogP contribution in [0, 0.1) is 11.6 Å². The fraction of sp³-hybridized carbons (Fsp3) is 0.250. The van der Waals surface area contributed by atoms with Crippen LogP contribution in [0.25, 0.3) is 0 Å². The van der Waals surface area contributed by atoms with E-state index in [1.54, 1.807) is 24.3 Å². The molecule has 1 heterocycles. The molecule has 2 aromatic carbocycles. The van der Waals surface area contributed by atoms with Crippen molar-refractivity contribution in [2.24, 2.45) is 0 Å². The van der Waals surface area contributed by atoms with Gasteiger partial charge in [0.05, 0.1) is 18.7 Å². The largest absolute Gasteiger partial charge is 0.491 e. The lowest BCUT2D eigenvalue weighted by atomic mass is 10.2. The molecule has 2 aromatic rings. The number of fused-ring (bicyclic) bond motifs is 1. The summed E-state index contributed by atoms with van der Waals surface area (Å²) in [5, 5.41) is 2.05. The minimum absolute atomic E-state index is 0.0740. The first kappa shape index (κ1) is 20.2. The van der Waals surface area contributed by atoms with Gasteiger partial charge < -0.3 is 14.8 Å². The average Bonchev–Trinajstić information content (AvgIpc) is 2.84. The van der Waals surface area contributed by atoms with Crippen LogP contribution >= 0.6 is 0 Å². The number of halogens is 2. The second-order valence-corrected chi connectivity index (χ2v) is 6.26. The summed E-state index contributed by atoms with van der Waals surface area (Å²) in [4.78, 5) is 38.0. The molecular formula is C20H18F2N2O5. The van der Waals surface area contributed by atoms with E-state index in [1.165, 1.54) is 11.8 Å². The van der Waals surface area contributed by atoms with E-state index in [2.05, 4.69) is 5.32 Å². The Bertz CT molecular complexity index is 930. The molecule has 2 amide bonds. The lowest BCUT2D eigenvalue weighted by molar-refractivity contribution is -0.152. The van der Waals surface area contributed by atoms with Gasteiger partial charge in [0.1, 0.15) is 29.6 Å². The third-order valence-corrected chi connectivity index (χ3v) is 4.21. The van der Waals surface area contributed by atoms with Crippen LogP contribution in [0.15, 0.2) is 42.5 Å². The Morgan fingerprint density at radius 3 is 2.59 bits per heavy atom. The number of carbonyl (C=O) groups excluding carboxylic acids is 3. The molecule has 7 nitrogen and oxygen atoms in total. The van der Waals surface area contributed by atoms with Crippen LogP contribution in [0.3, 0.4) is 0 Å². The van der Waals surface area contributed by atoms with Crippen molar-refractivity contribution in [3.63, 3.8) is 0 Å². The van der Waals surface area contributed by atoms with Gasteiger partial charge in [-0.2, -0.15) is 0 Å². The maximum atomic E-state index is 13.6. The van der Waals surface area contributed by atoms with E-state index in [4.69, 9.17) is 9.47 Å². The van der Waals surface area contributed by atoms with Crippen LogP contribution in [0.2, 0.25) is 0 Å². The van der Waals surface area contributed by atoms with Gasteiger partial charge in [0.25, 0.3) is 5.91 Å². The highest BCUT2D eigenvalue weighted by Crippen LogP contribution is 2.30. The molecule has 1 atom stereocenters. The summed E-state index contributed by atoms with van der Waals surface area (Å²) in [6.07, 6.45) is -1.26. The first-order chi connectivity index (χ1) is 13.9.